The van der Waals surface area contributed by atoms with Gasteiger partial charge in [0.2, 0.25) is 11.8 Å². The van der Waals surface area contributed by atoms with E-state index in [1.54, 1.807) is 24.3 Å². The second kappa shape index (κ2) is 5.79. The standard InChI is InChI=1S/C15H11F3N4OS/c1-24-8-4-2-7(3-5-8)10-9(6-19)13(20)23-14-11(10)12(21-22-14)15(16,17)18/h2-5,10H,20H2,1H3,(H,21,22). The average molecular weight is 352 g/mol. The molecule has 0 saturated heterocycles. The Morgan fingerprint density at radius 2 is 2.00 bits per heavy atom. The van der Waals surface area contributed by atoms with Gasteiger partial charge in [-0.3, -0.25) is 5.10 Å². The molecule has 0 saturated carbocycles. The van der Waals surface area contributed by atoms with E-state index in [1.807, 2.05) is 17.4 Å². The fourth-order valence-electron chi connectivity index (χ4n) is 2.59. The van der Waals surface area contributed by atoms with Crippen LogP contribution in [0.2, 0.25) is 0 Å². The number of allylic oxidation sites excluding steroid dienone is 1. The average Bonchev–Trinajstić information content (AvgIpc) is 2.97. The quantitative estimate of drug-likeness (QED) is 0.809. The number of aromatic amines is 1. The number of hydrogen-bond donors (Lipinski definition) is 2. The van der Waals surface area contributed by atoms with Crippen molar-refractivity contribution in [3.05, 3.63) is 52.5 Å². The van der Waals surface area contributed by atoms with E-state index in [1.165, 1.54) is 11.8 Å². The van der Waals surface area contributed by atoms with Crippen LogP contribution in [0.3, 0.4) is 0 Å². The normalized spacial score (nSPS) is 17.2. The molecule has 3 rings (SSSR count). The minimum atomic E-state index is -4.66. The second-order valence-electron chi connectivity index (χ2n) is 5.01. The van der Waals surface area contributed by atoms with Crippen LogP contribution in [-0.2, 0) is 6.18 Å². The third-order valence-electron chi connectivity index (χ3n) is 3.67. The van der Waals surface area contributed by atoms with E-state index in [0.29, 0.717) is 5.56 Å². The Morgan fingerprint density at radius 1 is 1.33 bits per heavy atom. The van der Waals surface area contributed by atoms with Crippen molar-refractivity contribution in [1.82, 2.24) is 10.2 Å². The zero-order valence-corrected chi connectivity index (χ0v) is 13.1. The molecular formula is C15H11F3N4OS. The molecule has 5 nitrogen and oxygen atoms in total. The van der Waals surface area contributed by atoms with Gasteiger partial charge in [-0.25, -0.2) is 0 Å². The van der Waals surface area contributed by atoms with Gasteiger partial charge in [-0.1, -0.05) is 12.1 Å². The molecule has 0 fully saturated rings. The molecule has 124 valence electrons. The van der Waals surface area contributed by atoms with E-state index in [2.05, 4.69) is 5.10 Å². The van der Waals surface area contributed by atoms with Gasteiger partial charge < -0.3 is 10.5 Å². The lowest BCUT2D eigenvalue weighted by atomic mass is 9.84. The highest BCUT2D eigenvalue weighted by Gasteiger charge is 2.44. The maximum Gasteiger partial charge on any atom is 0.433 e. The number of hydrogen-bond acceptors (Lipinski definition) is 5. The second-order valence-corrected chi connectivity index (χ2v) is 5.89. The van der Waals surface area contributed by atoms with Gasteiger partial charge in [-0.15, -0.1) is 16.9 Å². The molecule has 0 bridgehead atoms. The van der Waals surface area contributed by atoms with Crippen molar-refractivity contribution in [1.29, 1.82) is 5.26 Å². The van der Waals surface area contributed by atoms with Gasteiger partial charge in [-0.2, -0.15) is 18.4 Å². The van der Waals surface area contributed by atoms with E-state index in [9.17, 15) is 18.4 Å². The molecule has 1 aromatic carbocycles. The lowest BCUT2D eigenvalue weighted by molar-refractivity contribution is -0.141. The molecule has 9 heteroatoms. The lowest BCUT2D eigenvalue weighted by Crippen LogP contribution is -2.22. The molecule has 3 N–H and O–H groups in total. The van der Waals surface area contributed by atoms with Crippen LogP contribution in [-0.4, -0.2) is 16.5 Å². The van der Waals surface area contributed by atoms with E-state index >= 15 is 0 Å². The van der Waals surface area contributed by atoms with E-state index in [-0.39, 0.29) is 22.9 Å². The summed E-state index contributed by atoms with van der Waals surface area (Å²) in [6, 6.07) is 8.74. The van der Waals surface area contributed by atoms with E-state index in [0.717, 1.165) is 4.90 Å². The summed E-state index contributed by atoms with van der Waals surface area (Å²) in [5.41, 5.74) is 4.85. The van der Waals surface area contributed by atoms with Gasteiger partial charge in [0.15, 0.2) is 0 Å². The fourth-order valence-corrected chi connectivity index (χ4v) is 3.00. The van der Waals surface area contributed by atoms with Gasteiger partial charge in [-0.05, 0) is 24.0 Å². The van der Waals surface area contributed by atoms with Crippen molar-refractivity contribution in [2.24, 2.45) is 5.73 Å². The Bertz CT molecular complexity index is 849. The van der Waals surface area contributed by atoms with Crippen molar-refractivity contribution >= 4 is 11.8 Å². The van der Waals surface area contributed by atoms with Crippen LogP contribution in [0.15, 0.2) is 40.6 Å². The maximum atomic E-state index is 13.3. The summed E-state index contributed by atoms with van der Waals surface area (Å²) in [7, 11) is 0. The minimum Gasteiger partial charge on any atom is -0.420 e. The number of benzene rings is 1. The number of thioether (sulfide) groups is 1. The first-order valence-electron chi connectivity index (χ1n) is 6.73. The number of aromatic nitrogens is 2. The van der Waals surface area contributed by atoms with Crippen LogP contribution < -0.4 is 10.5 Å². The lowest BCUT2D eigenvalue weighted by Gasteiger charge is -2.24. The van der Waals surface area contributed by atoms with Crippen molar-refractivity contribution in [3.63, 3.8) is 0 Å². The number of rotatable bonds is 2. The van der Waals surface area contributed by atoms with Crippen molar-refractivity contribution < 1.29 is 17.9 Å². The maximum absolute atomic E-state index is 13.3. The number of ether oxygens (including phenoxy) is 1. The first kappa shape index (κ1) is 16.3. The smallest absolute Gasteiger partial charge is 0.420 e. The number of nitriles is 1. The third-order valence-corrected chi connectivity index (χ3v) is 4.42. The molecule has 1 aliphatic rings. The summed E-state index contributed by atoms with van der Waals surface area (Å²) in [6.07, 6.45) is -2.77. The molecule has 1 unspecified atom stereocenters. The first-order chi connectivity index (χ1) is 11.4. The molecule has 0 radical (unpaired) electrons. The zero-order chi connectivity index (χ0) is 17.5. The molecule has 0 spiro atoms. The summed E-state index contributed by atoms with van der Waals surface area (Å²) < 4.78 is 45.0. The highest BCUT2D eigenvalue weighted by molar-refractivity contribution is 7.98. The molecule has 1 aromatic heterocycles. The number of nitrogens with two attached hydrogens (primary N) is 1. The van der Waals surface area contributed by atoms with Gasteiger partial charge in [0, 0.05) is 4.90 Å². The summed E-state index contributed by atoms with van der Waals surface area (Å²) in [5, 5.41) is 14.9. The van der Waals surface area contributed by atoms with Crippen molar-refractivity contribution in [2.75, 3.05) is 6.26 Å². The Labute approximate surface area is 139 Å². The fraction of sp³-hybridized carbons (Fsp3) is 0.200. The molecule has 24 heavy (non-hydrogen) atoms. The number of H-pyrrole nitrogens is 1. The number of fused-ring (bicyclic) bond motifs is 1. The van der Waals surface area contributed by atoms with Gasteiger partial charge in [0.25, 0.3) is 0 Å². The van der Waals surface area contributed by atoms with Crippen LogP contribution in [0.5, 0.6) is 5.88 Å². The van der Waals surface area contributed by atoms with Crippen LogP contribution in [0.1, 0.15) is 22.7 Å². The van der Waals surface area contributed by atoms with Crippen molar-refractivity contribution in [2.45, 2.75) is 17.0 Å². The molecular weight excluding hydrogens is 341 g/mol. The Kier molecular flexibility index (Phi) is 3.93. The number of nitrogens with one attached hydrogen (secondary N) is 1. The van der Waals surface area contributed by atoms with Gasteiger partial charge >= 0.3 is 6.18 Å². The van der Waals surface area contributed by atoms with Crippen LogP contribution in [0, 0.1) is 11.3 Å². The zero-order valence-electron chi connectivity index (χ0n) is 12.3. The Morgan fingerprint density at radius 3 is 2.54 bits per heavy atom. The molecule has 1 aliphatic heterocycles. The largest absolute Gasteiger partial charge is 0.433 e. The molecule has 2 aromatic rings. The van der Waals surface area contributed by atoms with Gasteiger partial charge in [0.1, 0.15) is 17.3 Å². The summed E-state index contributed by atoms with van der Waals surface area (Å²) >= 11 is 1.50. The highest BCUT2D eigenvalue weighted by Crippen LogP contribution is 2.46. The van der Waals surface area contributed by atoms with E-state index in [4.69, 9.17) is 10.5 Å². The predicted molar refractivity (Wildman–Crippen MR) is 81.1 cm³/mol. The number of nitrogens with zero attached hydrogens (tertiary/aromatic N) is 2. The number of alkyl halides is 3. The third kappa shape index (κ3) is 2.59. The summed E-state index contributed by atoms with van der Waals surface area (Å²) in [6.45, 7) is 0. The van der Waals surface area contributed by atoms with Gasteiger partial charge in [0.05, 0.1) is 11.5 Å². The van der Waals surface area contributed by atoms with Crippen LogP contribution >= 0.6 is 11.8 Å². The van der Waals surface area contributed by atoms with E-state index < -0.39 is 17.8 Å². The van der Waals surface area contributed by atoms with Crippen LogP contribution in [0.4, 0.5) is 13.2 Å². The Balaban J connectivity index is 2.22. The topological polar surface area (TPSA) is 87.7 Å². The Hall–Kier alpha value is -2.60. The first-order valence-corrected chi connectivity index (χ1v) is 7.96. The number of halogens is 3. The highest BCUT2D eigenvalue weighted by atomic mass is 32.2. The minimum absolute atomic E-state index is 0.0775. The molecule has 1 atom stereocenters. The SMILES string of the molecule is CSc1ccc(C2C(C#N)=C(N)Oc3n[nH]c(C(F)(F)F)c32)cc1. The van der Waals surface area contributed by atoms with Crippen molar-refractivity contribution in [3.8, 4) is 11.9 Å². The molecule has 2 heterocycles. The molecule has 0 aliphatic carbocycles. The monoisotopic (exact) mass is 352 g/mol. The summed E-state index contributed by atoms with van der Waals surface area (Å²) in [4.78, 5) is 0.949. The molecule has 0 amide bonds. The summed E-state index contributed by atoms with van der Waals surface area (Å²) in [5.74, 6) is -1.51. The van der Waals surface area contributed by atoms with Crippen LogP contribution in [0.25, 0.3) is 0 Å². The predicted octanol–water partition coefficient (Wildman–Crippen LogP) is 3.37.